The maximum atomic E-state index is 9.93. The molecule has 0 aliphatic rings. The maximum Gasteiger partial charge on any atom is 0.111 e. The lowest BCUT2D eigenvalue weighted by Gasteiger charge is -2.26. The quantitative estimate of drug-likeness (QED) is 0.564. The molecule has 4 heteroatoms. The summed E-state index contributed by atoms with van der Waals surface area (Å²) < 4.78 is 0. The second-order valence-corrected chi connectivity index (χ2v) is 3.65. The molecule has 0 aliphatic carbocycles. The Morgan fingerprint density at radius 3 is 2.06 bits per heavy atom. The standard InChI is InChI=1S/C12H19NO3/c14-8-6-13(7-9-15)12(16)10-11-4-2-1-3-5-11/h1-5,12,14-16H,6-10H2. The molecule has 0 amide bonds. The fourth-order valence-corrected chi connectivity index (χ4v) is 1.62. The van der Waals surface area contributed by atoms with Gasteiger partial charge in [-0.1, -0.05) is 30.3 Å². The van der Waals surface area contributed by atoms with Crippen LogP contribution in [0.2, 0.25) is 0 Å². The van der Waals surface area contributed by atoms with Gasteiger partial charge in [-0.2, -0.15) is 0 Å². The van der Waals surface area contributed by atoms with Gasteiger partial charge in [0.15, 0.2) is 0 Å². The number of hydrogen-bond acceptors (Lipinski definition) is 4. The fraction of sp³-hybridized carbons (Fsp3) is 0.500. The Kier molecular flexibility index (Phi) is 6.03. The second-order valence-electron chi connectivity index (χ2n) is 3.65. The first-order chi connectivity index (χ1) is 7.77. The Hall–Kier alpha value is -0.940. The van der Waals surface area contributed by atoms with Crippen LogP contribution in [0.5, 0.6) is 0 Å². The van der Waals surface area contributed by atoms with Crippen molar-refractivity contribution in [2.24, 2.45) is 0 Å². The molecule has 0 saturated carbocycles. The minimum Gasteiger partial charge on any atom is -0.395 e. The van der Waals surface area contributed by atoms with E-state index in [4.69, 9.17) is 10.2 Å². The van der Waals surface area contributed by atoms with Crippen molar-refractivity contribution in [2.45, 2.75) is 12.6 Å². The number of hydrogen-bond donors (Lipinski definition) is 3. The summed E-state index contributed by atoms with van der Waals surface area (Å²) >= 11 is 0. The zero-order chi connectivity index (χ0) is 11.8. The van der Waals surface area contributed by atoms with Crippen molar-refractivity contribution >= 4 is 0 Å². The van der Waals surface area contributed by atoms with E-state index in [9.17, 15) is 5.11 Å². The van der Waals surface area contributed by atoms with E-state index >= 15 is 0 Å². The third kappa shape index (κ3) is 4.28. The Morgan fingerprint density at radius 2 is 1.56 bits per heavy atom. The third-order valence-electron chi connectivity index (χ3n) is 2.46. The SMILES string of the molecule is OCCN(CCO)C(O)Cc1ccccc1. The van der Waals surface area contributed by atoms with Crippen molar-refractivity contribution in [1.82, 2.24) is 4.90 Å². The molecule has 1 unspecified atom stereocenters. The zero-order valence-corrected chi connectivity index (χ0v) is 9.29. The molecule has 0 aliphatic heterocycles. The van der Waals surface area contributed by atoms with Crippen LogP contribution in [0, 0.1) is 0 Å². The van der Waals surface area contributed by atoms with Crippen molar-refractivity contribution in [3.8, 4) is 0 Å². The van der Waals surface area contributed by atoms with Gasteiger partial charge in [0, 0.05) is 19.5 Å². The van der Waals surface area contributed by atoms with Gasteiger partial charge in [-0.3, -0.25) is 4.90 Å². The van der Waals surface area contributed by atoms with Crippen LogP contribution in [0.25, 0.3) is 0 Å². The van der Waals surface area contributed by atoms with Crippen LogP contribution < -0.4 is 0 Å². The van der Waals surface area contributed by atoms with E-state index < -0.39 is 6.23 Å². The highest BCUT2D eigenvalue weighted by atomic mass is 16.3. The van der Waals surface area contributed by atoms with Crippen molar-refractivity contribution in [3.05, 3.63) is 35.9 Å². The molecule has 0 radical (unpaired) electrons. The van der Waals surface area contributed by atoms with Crippen LogP contribution >= 0.6 is 0 Å². The average Bonchev–Trinajstić information content (AvgIpc) is 2.30. The van der Waals surface area contributed by atoms with Gasteiger partial charge >= 0.3 is 0 Å². The van der Waals surface area contributed by atoms with E-state index in [-0.39, 0.29) is 13.2 Å². The molecule has 4 nitrogen and oxygen atoms in total. The average molecular weight is 225 g/mol. The predicted octanol–water partition coefficient (Wildman–Crippen LogP) is -0.166. The van der Waals surface area contributed by atoms with Gasteiger partial charge in [0.05, 0.1) is 13.2 Å². The van der Waals surface area contributed by atoms with Gasteiger partial charge in [-0.25, -0.2) is 0 Å². The monoisotopic (exact) mass is 225 g/mol. The third-order valence-corrected chi connectivity index (χ3v) is 2.46. The number of aliphatic hydroxyl groups is 3. The molecular formula is C12H19NO3. The molecule has 0 bridgehead atoms. The number of benzene rings is 1. The van der Waals surface area contributed by atoms with Gasteiger partial charge < -0.3 is 15.3 Å². The molecule has 3 N–H and O–H groups in total. The van der Waals surface area contributed by atoms with Crippen LogP contribution in [-0.2, 0) is 6.42 Å². The summed E-state index contributed by atoms with van der Waals surface area (Å²) in [5, 5.41) is 27.6. The minimum absolute atomic E-state index is 0.0220. The van der Waals surface area contributed by atoms with E-state index in [1.165, 1.54) is 0 Å². The van der Waals surface area contributed by atoms with Crippen molar-refractivity contribution in [3.63, 3.8) is 0 Å². The lowest BCUT2D eigenvalue weighted by molar-refractivity contribution is -0.0133. The molecule has 0 aromatic heterocycles. The summed E-state index contributed by atoms with van der Waals surface area (Å²) in [7, 11) is 0. The Bertz CT molecular complexity index is 273. The first-order valence-electron chi connectivity index (χ1n) is 5.45. The topological polar surface area (TPSA) is 63.9 Å². The molecule has 16 heavy (non-hydrogen) atoms. The van der Waals surface area contributed by atoms with Crippen LogP contribution in [0.15, 0.2) is 30.3 Å². The van der Waals surface area contributed by atoms with Crippen LogP contribution in [-0.4, -0.2) is 52.8 Å². The highest BCUT2D eigenvalue weighted by molar-refractivity contribution is 5.15. The summed E-state index contributed by atoms with van der Waals surface area (Å²) in [6, 6.07) is 9.66. The predicted molar refractivity (Wildman–Crippen MR) is 61.9 cm³/mol. The highest BCUT2D eigenvalue weighted by Crippen LogP contribution is 2.06. The van der Waals surface area contributed by atoms with E-state index in [0.717, 1.165) is 5.56 Å². The first-order valence-corrected chi connectivity index (χ1v) is 5.45. The van der Waals surface area contributed by atoms with Crippen molar-refractivity contribution in [1.29, 1.82) is 0 Å². The number of aliphatic hydroxyl groups excluding tert-OH is 3. The molecule has 0 spiro atoms. The number of rotatable bonds is 7. The molecule has 0 fully saturated rings. The summed E-state index contributed by atoms with van der Waals surface area (Å²) in [5.74, 6) is 0. The van der Waals surface area contributed by atoms with Crippen molar-refractivity contribution in [2.75, 3.05) is 26.3 Å². The van der Waals surface area contributed by atoms with Gasteiger partial charge in [0.1, 0.15) is 6.23 Å². The molecule has 1 atom stereocenters. The molecule has 1 aromatic carbocycles. The second kappa shape index (κ2) is 7.35. The van der Waals surface area contributed by atoms with E-state index in [2.05, 4.69) is 0 Å². The highest BCUT2D eigenvalue weighted by Gasteiger charge is 2.14. The maximum absolute atomic E-state index is 9.93. The van der Waals surface area contributed by atoms with E-state index in [0.29, 0.717) is 19.5 Å². The van der Waals surface area contributed by atoms with Gasteiger partial charge in [0.2, 0.25) is 0 Å². The summed E-state index contributed by atoms with van der Waals surface area (Å²) in [6.45, 7) is 0.695. The first kappa shape index (κ1) is 13.1. The van der Waals surface area contributed by atoms with Gasteiger partial charge in [-0.15, -0.1) is 0 Å². The summed E-state index contributed by atoms with van der Waals surface area (Å²) in [4.78, 5) is 1.66. The van der Waals surface area contributed by atoms with Gasteiger partial charge in [0.25, 0.3) is 0 Å². The van der Waals surface area contributed by atoms with Crippen LogP contribution in [0.4, 0.5) is 0 Å². The van der Waals surface area contributed by atoms with Gasteiger partial charge in [-0.05, 0) is 5.56 Å². The smallest absolute Gasteiger partial charge is 0.111 e. The van der Waals surface area contributed by atoms with E-state index in [1.807, 2.05) is 30.3 Å². The molecule has 1 aromatic rings. The van der Waals surface area contributed by atoms with Crippen LogP contribution in [0.1, 0.15) is 5.56 Å². The Labute approximate surface area is 95.8 Å². The minimum atomic E-state index is -0.665. The Morgan fingerprint density at radius 1 is 1.00 bits per heavy atom. The lowest BCUT2D eigenvalue weighted by atomic mass is 10.1. The fourth-order valence-electron chi connectivity index (χ4n) is 1.62. The molecule has 1 rings (SSSR count). The Balaban J connectivity index is 2.51. The summed E-state index contributed by atoms with van der Waals surface area (Å²) in [5.41, 5.74) is 1.04. The lowest BCUT2D eigenvalue weighted by Crippen LogP contribution is -2.40. The zero-order valence-electron chi connectivity index (χ0n) is 9.29. The summed E-state index contributed by atoms with van der Waals surface area (Å²) in [6.07, 6.45) is -0.164. The van der Waals surface area contributed by atoms with Crippen LogP contribution in [0.3, 0.4) is 0 Å². The molecule has 0 heterocycles. The van der Waals surface area contributed by atoms with E-state index in [1.54, 1.807) is 4.90 Å². The normalized spacial score (nSPS) is 13.0. The largest absolute Gasteiger partial charge is 0.395 e. The molecule has 0 saturated heterocycles. The molecule has 90 valence electrons. The van der Waals surface area contributed by atoms with Crippen molar-refractivity contribution < 1.29 is 15.3 Å². The number of nitrogens with zero attached hydrogens (tertiary/aromatic N) is 1. The molecular weight excluding hydrogens is 206 g/mol.